The Bertz CT molecular complexity index is 745. The zero-order valence-corrected chi connectivity index (χ0v) is 13.8. The van der Waals surface area contributed by atoms with Gasteiger partial charge in [0.15, 0.2) is 5.76 Å². The number of hydrogen-bond donors (Lipinski definition) is 2. The monoisotopic (exact) mass is 315 g/mol. The molecule has 1 unspecified atom stereocenters. The van der Waals surface area contributed by atoms with Crippen LogP contribution in [-0.2, 0) is 6.42 Å². The first-order chi connectivity index (χ1) is 10.8. The van der Waals surface area contributed by atoms with Crippen molar-refractivity contribution in [3.8, 4) is 0 Å². The average molecular weight is 315 g/mol. The van der Waals surface area contributed by atoms with Gasteiger partial charge in [-0.3, -0.25) is 4.79 Å². The van der Waals surface area contributed by atoms with Crippen LogP contribution in [0, 0.1) is 13.8 Å². The highest BCUT2D eigenvalue weighted by Crippen LogP contribution is 2.22. The molecular formula is C18H21NO4. The van der Waals surface area contributed by atoms with Crippen LogP contribution in [0.4, 0.5) is 0 Å². The van der Waals surface area contributed by atoms with Crippen molar-refractivity contribution < 1.29 is 19.1 Å². The molecule has 2 N–H and O–H groups in total. The molecule has 2 aromatic rings. The molecule has 0 fully saturated rings. The summed E-state index contributed by atoms with van der Waals surface area (Å²) in [6, 6.07) is 7.02. The van der Waals surface area contributed by atoms with E-state index in [0.717, 1.165) is 16.7 Å². The summed E-state index contributed by atoms with van der Waals surface area (Å²) in [4.78, 5) is 23.5. The molecule has 0 bridgehead atoms. The minimum Gasteiger partial charge on any atom is -0.478 e. The largest absolute Gasteiger partial charge is 0.478 e. The third-order valence-corrected chi connectivity index (χ3v) is 4.04. The Morgan fingerprint density at radius 2 is 2.00 bits per heavy atom. The van der Waals surface area contributed by atoms with Crippen LogP contribution in [0.1, 0.15) is 63.3 Å². The van der Waals surface area contributed by atoms with E-state index in [1.807, 2.05) is 39.0 Å². The highest BCUT2D eigenvalue weighted by atomic mass is 16.4. The zero-order valence-electron chi connectivity index (χ0n) is 13.8. The molecule has 0 aliphatic carbocycles. The van der Waals surface area contributed by atoms with Gasteiger partial charge in [-0.25, -0.2) is 4.79 Å². The van der Waals surface area contributed by atoms with E-state index in [1.54, 1.807) is 6.92 Å². The van der Waals surface area contributed by atoms with Crippen LogP contribution < -0.4 is 5.32 Å². The summed E-state index contributed by atoms with van der Waals surface area (Å²) < 4.78 is 5.38. The van der Waals surface area contributed by atoms with Crippen LogP contribution in [0.3, 0.4) is 0 Å². The highest BCUT2D eigenvalue weighted by molar-refractivity contribution is 5.96. The number of nitrogens with one attached hydrogen (secondary N) is 1. The van der Waals surface area contributed by atoms with Gasteiger partial charge in [-0.1, -0.05) is 25.1 Å². The maximum Gasteiger partial charge on any atom is 0.339 e. The Morgan fingerprint density at radius 3 is 2.57 bits per heavy atom. The van der Waals surface area contributed by atoms with E-state index in [1.165, 1.54) is 6.07 Å². The molecule has 0 aliphatic heterocycles. The van der Waals surface area contributed by atoms with Gasteiger partial charge in [-0.05, 0) is 37.5 Å². The molecule has 0 saturated heterocycles. The molecule has 0 spiro atoms. The summed E-state index contributed by atoms with van der Waals surface area (Å²) >= 11 is 0. The van der Waals surface area contributed by atoms with Gasteiger partial charge >= 0.3 is 5.97 Å². The molecule has 1 atom stereocenters. The van der Waals surface area contributed by atoms with Crippen molar-refractivity contribution in [2.24, 2.45) is 0 Å². The molecule has 5 heteroatoms. The fraction of sp³-hybridized carbons (Fsp3) is 0.333. The van der Waals surface area contributed by atoms with Crippen LogP contribution in [0.5, 0.6) is 0 Å². The van der Waals surface area contributed by atoms with E-state index < -0.39 is 11.9 Å². The van der Waals surface area contributed by atoms with Gasteiger partial charge < -0.3 is 14.8 Å². The first-order valence-corrected chi connectivity index (χ1v) is 7.58. The number of amides is 1. The van der Waals surface area contributed by atoms with Crippen molar-refractivity contribution in [3.63, 3.8) is 0 Å². The molecule has 1 aromatic heterocycles. The van der Waals surface area contributed by atoms with E-state index in [0.29, 0.717) is 12.2 Å². The predicted molar refractivity (Wildman–Crippen MR) is 86.8 cm³/mol. The van der Waals surface area contributed by atoms with Gasteiger partial charge in [0.05, 0.1) is 6.04 Å². The molecule has 1 aromatic carbocycles. The van der Waals surface area contributed by atoms with Crippen LogP contribution in [0.25, 0.3) is 0 Å². The Balaban J connectivity index is 2.22. The van der Waals surface area contributed by atoms with Crippen LogP contribution in [-0.4, -0.2) is 17.0 Å². The number of carboxylic acids is 1. The lowest BCUT2D eigenvalue weighted by molar-refractivity contribution is 0.0694. The van der Waals surface area contributed by atoms with Gasteiger partial charge in [-0.2, -0.15) is 0 Å². The number of aryl methyl sites for hydroxylation is 2. The third kappa shape index (κ3) is 3.44. The maximum absolute atomic E-state index is 12.3. The smallest absolute Gasteiger partial charge is 0.339 e. The minimum atomic E-state index is -1.09. The molecule has 2 rings (SSSR count). The van der Waals surface area contributed by atoms with Crippen LogP contribution >= 0.6 is 0 Å². The molecule has 23 heavy (non-hydrogen) atoms. The van der Waals surface area contributed by atoms with Gasteiger partial charge in [0.1, 0.15) is 11.3 Å². The van der Waals surface area contributed by atoms with Crippen molar-refractivity contribution in [1.29, 1.82) is 0 Å². The molecule has 0 radical (unpaired) electrons. The topological polar surface area (TPSA) is 79.5 Å². The van der Waals surface area contributed by atoms with Crippen molar-refractivity contribution >= 4 is 11.9 Å². The van der Waals surface area contributed by atoms with E-state index >= 15 is 0 Å². The quantitative estimate of drug-likeness (QED) is 0.882. The van der Waals surface area contributed by atoms with Crippen LogP contribution in [0.15, 0.2) is 28.7 Å². The number of benzene rings is 1. The molecule has 122 valence electrons. The van der Waals surface area contributed by atoms with Gasteiger partial charge in [-0.15, -0.1) is 0 Å². The number of carbonyl (C=O) groups excluding carboxylic acids is 1. The number of carbonyl (C=O) groups is 2. The first-order valence-electron chi connectivity index (χ1n) is 7.58. The highest BCUT2D eigenvalue weighted by Gasteiger charge is 2.21. The molecule has 1 amide bonds. The summed E-state index contributed by atoms with van der Waals surface area (Å²) in [5, 5.41) is 12.0. The molecule has 0 aliphatic rings. The molecular weight excluding hydrogens is 294 g/mol. The second-order valence-electron chi connectivity index (χ2n) is 5.59. The summed E-state index contributed by atoms with van der Waals surface area (Å²) in [6.07, 6.45) is 0.418. The SMILES string of the molecule is CCc1oc(C(=O)NC(C)c2cccc(C)c2C)cc1C(=O)O. The fourth-order valence-electron chi connectivity index (χ4n) is 2.57. The van der Waals surface area contributed by atoms with Crippen molar-refractivity contribution in [2.45, 2.75) is 40.2 Å². The summed E-state index contributed by atoms with van der Waals surface area (Å²) in [5.41, 5.74) is 3.35. The lowest BCUT2D eigenvalue weighted by Crippen LogP contribution is -2.26. The predicted octanol–water partition coefficient (Wildman–Crippen LogP) is 3.65. The lowest BCUT2D eigenvalue weighted by atomic mass is 9.98. The second-order valence-corrected chi connectivity index (χ2v) is 5.59. The van der Waals surface area contributed by atoms with Crippen LogP contribution in [0.2, 0.25) is 0 Å². The number of hydrogen-bond acceptors (Lipinski definition) is 3. The van der Waals surface area contributed by atoms with E-state index in [9.17, 15) is 9.59 Å². The third-order valence-electron chi connectivity index (χ3n) is 4.04. The Labute approximate surface area is 135 Å². The summed E-state index contributed by atoms with van der Waals surface area (Å²) in [6.45, 7) is 7.71. The van der Waals surface area contributed by atoms with Crippen molar-refractivity contribution in [3.05, 3.63) is 58.0 Å². The Hall–Kier alpha value is -2.56. The lowest BCUT2D eigenvalue weighted by Gasteiger charge is -2.17. The standard InChI is InChI=1S/C18H21NO4/c1-5-15-14(18(21)22)9-16(23-15)17(20)19-12(4)13-8-6-7-10(2)11(13)3/h6-9,12H,5H2,1-4H3,(H,19,20)(H,21,22). The number of rotatable bonds is 5. The number of furan rings is 1. The van der Waals surface area contributed by atoms with E-state index in [2.05, 4.69) is 5.32 Å². The Kier molecular flexibility index (Phi) is 4.89. The fourth-order valence-corrected chi connectivity index (χ4v) is 2.57. The number of carboxylic acid groups (broad SMARTS) is 1. The Morgan fingerprint density at radius 1 is 1.30 bits per heavy atom. The maximum atomic E-state index is 12.3. The minimum absolute atomic E-state index is 0.0245. The second kappa shape index (κ2) is 6.69. The average Bonchev–Trinajstić information content (AvgIpc) is 2.94. The molecule has 5 nitrogen and oxygen atoms in total. The number of aromatic carboxylic acids is 1. The molecule has 0 saturated carbocycles. The normalized spacial score (nSPS) is 12.0. The summed E-state index contributed by atoms with van der Waals surface area (Å²) in [7, 11) is 0. The zero-order chi connectivity index (χ0) is 17.1. The molecule has 1 heterocycles. The van der Waals surface area contributed by atoms with Crippen molar-refractivity contribution in [2.75, 3.05) is 0 Å². The van der Waals surface area contributed by atoms with Crippen molar-refractivity contribution in [1.82, 2.24) is 5.32 Å². The summed E-state index contributed by atoms with van der Waals surface area (Å²) in [5.74, 6) is -1.17. The van der Waals surface area contributed by atoms with Gasteiger partial charge in [0.2, 0.25) is 0 Å². The first kappa shape index (κ1) is 16.8. The van der Waals surface area contributed by atoms with Gasteiger partial charge in [0, 0.05) is 12.5 Å². The van der Waals surface area contributed by atoms with E-state index in [-0.39, 0.29) is 17.4 Å². The van der Waals surface area contributed by atoms with E-state index in [4.69, 9.17) is 9.52 Å². The van der Waals surface area contributed by atoms with Gasteiger partial charge in [0.25, 0.3) is 5.91 Å².